The number of rotatable bonds is 48. The molecule has 0 aromatic carbocycles. The number of carbonyl (C=O) groups excluding carboxylic acids is 1. The molecule has 0 spiro atoms. The SMILES string of the molecule is CCCCCCCCCCCCCCCCCCCCCCCCCCCCCCCCC/C=C/C(O)C(COC1OC(CO)C(O)C(O)C1O)NC(=O)CCCCCCCCCC. The Kier molecular flexibility index (Phi) is 43.5. The second-order valence-electron chi connectivity index (χ2n) is 19.7. The number of aliphatic hydroxyl groups excluding tert-OH is 5. The van der Waals surface area contributed by atoms with Gasteiger partial charge < -0.3 is 40.3 Å². The zero-order chi connectivity index (χ0) is 46.6. The molecule has 0 radical (unpaired) electrons. The number of allylic oxidation sites excluding steroid dienone is 1. The summed E-state index contributed by atoms with van der Waals surface area (Å²) < 4.78 is 11.2. The van der Waals surface area contributed by atoms with Crippen molar-refractivity contribution in [3.05, 3.63) is 12.2 Å². The van der Waals surface area contributed by atoms with Gasteiger partial charge in [0.25, 0.3) is 0 Å². The fourth-order valence-corrected chi connectivity index (χ4v) is 9.16. The number of aliphatic hydroxyl groups is 5. The first-order valence-corrected chi connectivity index (χ1v) is 27.9. The standard InChI is InChI=1S/C55H107NO8/c1-3-5-7-9-11-13-14-15-16-17-18-19-20-21-22-23-24-25-26-27-28-29-30-31-32-33-34-35-36-37-38-40-42-44-49(58)48(56-51(59)45-43-41-39-12-10-8-6-4-2)47-63-55-54(62)53(61)52(60)50(46-57)64-55/h42,44,48-50,52-55,57-58,60-62H,3-41,43,45-47H2,1-2H3,(H,56,59)/b44-42+. The molecule has 9 heteroatoms. The number of unbranched alkanes of at least 4 members (excludes halogenated alkanes) is 38. The summed E-state index contributed by atoms with van der Waals surface area (Å²) >= 11 is 0. The molecule has 1 amide bonds. The molecule has 0 aromatic rings. The molecule has 64 heavy (non-hydrogen) atoms. The summed E-state index contributed by atoms with van der Waals surface area (Å²) in [6.45, 7) is 3.76. The number of ether oxygens (including phenoxy) is 2. The van der Waals surface area contributed by atoms with E-state index in [9.17, 15) is 30.3 Å². The van der Waals surface area contributed by atoms with E-state index >= 15 is 0 Å². The van der Waals surface area contributed by atoms with Crippen LogP contribution >= 0.6 is 0 Å². The Morgan fingerprint density at radius 1 is 0.516 bits per heavy atom. The van der Waals surface area contributed by atoms with Crippen LogP contribution in [-0.2, 0) is 14.3 Å². The van der Waals surface area contributed by atoms with E-state index in [0.717, 1.165) is 38.5 Å². The summed E-state index contributed by atoms with van der Waals surface area (Å²) in [6.07, 6.45) is 49.0. The highest BCUT2D eigenvalue weighted by Gasteiger charge is 2.44. The molecule has 1 aliphatic heterocycles. The van der Waals surface area contributed by atoms with Gasteiger partial charge in [0.05, 0.1) is 25.4 Å². The third-order valence-electron chi connectivity index (χ3n) is 13.6. The molecule has 380 valence electrons. The lowest BCUT2D eigenvalue weighted by atomic mass is 9.99. The Morgan fingerprint density at radius 2 is 0.859 bits per heavy atom. The molecule has 1 aliphatic rings. The van der Waals surface area contributed by atoms with E-state index in [1.807, 2.05) is 6.08 Å². The molecule has 0 saturated carbocycles. The first-order valence-electron chi connectivity index (χ1n) is 27.9. The van der Waals surface area contributed by atoms with Crippen molar-refractivity contribution in [3.8, 4) is 0 Å². The largest absolute Gasteiger partial charge is 0.394 e. The minimum absolute atomic E-state index is 0.179. The van der Waals surface area contributed by atoms with Gasteiger partial charge in [0.1, 0.15) is 24.4 Å². The van der Waals surface area contributed by atoms with Gasteiger partial charge in [0, 0.05) is 6.42 Å². The fraction of sp³-hybridized carbons (Fsp3) is 0.945. The van der Waals surface area contributed by atoms with Crippen LogP contribution in [0.3, 0.4) is 0 Å². The first-order chi connectivity index (χ1) is 31.3. The summed E-state index contributed by atoms with van der Waals surface area (Å²) in [6, 6.07) is -0.798. The van der Waals surface area contributed by atoms with Crippen LogP contribution in [0.1, 0.15) is 277 Å². The second kappa shape index (κ2) is 45.7. The Hall–Kier alpha value is -1.07. The van der Waals surface area contributed by atoms with E-state index in [2.05, 4.69) is 19.2 Å². The molecule has 7 atom stereocenters. The van der Waals surface area contributed by atoms with Crippen LogP contribution in [0.5, 0.6) is 0 Å². The fourth-order valence-electron chi connectivity index (χ4n) is 9.16. The van der Waals surface area contributed by atoms with Gasteiger partial charge in [0.2, 0.25) is 5.91 Å². The maximum Gasteiger partial charge on any atom is 0.220 e. The van der Waals surface area contributed by atoms with Crippen molar-refractivity contribution in [2.75, 3.05) is 13.2 Å². The zero-order valence-electron chi connectivity index (χ0n) is 42.1. The van der Waals surface area contributed by atoms with E-state index in [-0.39, 0.29) is 12.5 Å². The van der Waals surface area contributed by atoms with Crippen LogP contribution in [0.15, 0.2) is 12.2 Å². The third-order valence-corrected chi connectivity index (χ3v) is 13.6. The summed E-state index contributed by atoms with van der Waals surface area (Å²) in [5.74, 6) is -0.179. The number of amides is 1. The molecular formula is C55H107NO8. The van der Waals surface area contributed by atoms with Crippen molar-refractivity contribution in [1.29, 1.82) is 0 Å². The number of nitrogens with one attached hydrogen (secondary N) is 1. The summed E-state index contributed by atoms with van der Waals surface area (Å²) in [7, 11) is 0. The van der Waals surface area contributed by atoms with Crippen molar-refractivity contribution in [3.63, 3.8) is 0 Å². The maximum absolute atomic E-state index is 12.9. The average Bonchev–Trinajstić information content (AvgIpc) is 3.29. The van der Waals surface area contributed by atoms with Crippen molar-refractivity contribution in [2.24, 2.45) is 0 Å². The number of hydrogen-bond donors (Lipinski definition) is 6. The lowest BCUT2D eigenvalue weighted by molar-refractivity contribution is -0.302. The predicted octanol–water partition coefficient (Wildman–Crippen LogP) is 13.2. The van der Waals surface area contributed by atoms with Crippen LogP contribution in [0.2, 0.25) is 0 Å². The van der Waals surface area contributed by atoms with Gasteiger partial charge in [-0.3, -0.25) is 4.79 Å². The van der Waals surface area contributed by atoms with Gasteiger partial charge in [-0.25, -0.2) is 0 Å². The van der Waals surface area contributed by atoms with Gasteiger partial charge in [-0.05, 0) is 19.3 Å². The zero-order valence-corrected chi connectivity index (χ0v) is 42.1. The smallest absolute Gasteiger partial charge is 0.220 e. The summed E-state index contributed by atoms with van der Waals surface area (Å²) in [5.41, 5.74) is 0. The van der Waals surface area contributed by atoms with E-state index < -0.39 is 49.5 Å². The molecule has 0 aliphatic carbocycles. The van der Waals surface area contributed by atoms with Crippen molar-refractivity contribution in [2.45, 2.75) is 320 Å². The quantitative estimate of drug-likeness (QED) is 0.0261. The van der Waals surface area contributed by atoms with E-state index in [1.54, 1.807) is 6.08 Å². The summed E-state index contributed by atoms with van der Waals surface area (Å²) in [5, 5.41) is 54.2. The number of carbonyl (C=O) groups is 1. The van der Waals surface area contributed by atoms with Crippen LogP contribution < -0.4 is 5.32 Å². The molecule has 1 saturated heterocycles. The normalized spacial score (nSPS) is 20.0. The molecule has 7 unspecified atom stereocenters. The van der Waals surface area contributed by atoms with Crippen LogP contribution in [0, 0.1) is 0 Å². The molecular weight excluding hydrogens is 803 g/mol. The van der Waals surface area contributed by atoms with Gasteiger partial charge in [-0.1, -0.05) is 264 Å². The van der Waals surface area contributed by atoms with Gasteiger partial charge in [0.15, 0.2) is 6.29 Å². The van der Waals surface area contributed by atoms with E-state index in [0.29, 0.717) is 6.42 Å². The first kappa shape index (κ1) is 60.9. The highest BCUT2D eigenvalue weighted by Crippen LogP contribution is 2.23. The summed E-state index contributed by atoms with van der Waals surface area (Å²) in [4.78, 5) is 12.9. The molecule has 0 bridgehead atoms. The van der Waals surface area contributed by atoms with E-state index in [1.165, 1.54) is 218 Å². The molecule has 1 fully saturated rings. The third kappa shape index (κ3) is 35.1. The molecule has 1 heterocycles. The lowest BCUT2D eigenvalue weighted by Gasteiger charge is -2.40. The average molecular weight is 910 g/mol. The van der Waals surface area contributed by atoms with Crippen LogP contribution in [0.4, 0.5) is 0 Å². The van der Waals surface area contributed by atoms with E-state index in [4.69, 9.17) is 9.47 Å². The topological polar surface area (TPSA) is 149 Å². The van der Waals surface area contributed by atoms with Crippen molar-refractivity contribution in [1.82, 2.24) is 5.32 Å². The Morgan fingerprint density at radius 3 is 1.22 bits per heavy atom. The minimum atomic E-state index is -1.56. The van der Waals surface area contributed by atoms with Crippen molar-refractivity contribution < 1.29 is 39.8 Å². The Balaban J connectivity index is 2.06. The molecule has 0 aromatic heterocycles. The van der Waals surface area contributed by atoms with Gasteiger partial charge >= 0.3 is 0 Å². The molecule has 6 N–H and O–H groups in total. The van der Waals surface area contributed by atoms with Crippen molar-refractivity contribution >= 4 is 5.91 Å². The molecule has 1 rings (SSSR count). The van der Waals surface area contributed by atoms with Crippen LogP contribution in [0.25, 0.3) is 0 Å². The minimum Gasteiger partial charge on any atom is -0.394 e. The molecule has 9 nitrogen and oxygen atoms in total. The Bertz CT molecular complexity index is 1010. The predicted molar refractivity (Wildman–Crippen MR) is 267 cm³/mol. The maximum atomic E-state index is 12.9. The van der Waals surface area contributed by atoms with Crippen LogP contribution in [-0.4, -0.2) is 87.5 Å². The monoisotopic (exact) mass is 910 g/mol. The highest BCUT2D eigenvalue weighted by atomic mass is 16.7. The van der Waals surface area contributed by atoms with Gasteiger partial charge in [-0.2, -0.15) is 0 Å². The highest BCUT2D eigenvalue weighted by molar-refractivity contribution is 5.76. The Labute approximate surface area is 395 Å². The second-order valence-corrected chi connectivity index (χ2v) is 19.7. The van der Waals surface area contributed by atoms with Gasteiger partial charge in [-0.15, -0.1) is 0 Å². The number of hydrogen-bond acceptors (Lipinski definition) is 8. The lowest BCUT2D eigenvalue weighted by Crippen LogP contribution is -2.60.